The van der Waals surface area contributed by atoms with E-state index in [0.717, 1.165) is 342 Å². The van der Waals surface area contributed by atoms with Gasteiger partial charge in [-0.3, -0.25) is 0 Å². The molecule has 0 aliphatic heterocycles. The number of hydrogen-bond acceptors (Lipinski definition) is 10. The van der Waals surface area contributed by atoms with Gasteiger partial charge in [-0.15, -0.1) is 0 Å². The van der Waals surface area contributed by atoms with Crippen LogP contribution in [0.4, 0.5) is 0 Å². The van der Waals surface area contributed by atoms with Gasteiger partial charge in [0, 0.05) is 157 Å². The summed E-state index contributed by atoms with van der Waals surface area (Å²) in [5.41, 5.74) is 35.1. The molecule has 25 rings (SSSR count). The highest BCUT2D eigenvalue weighted by Crippen LogP contribution is 2.48. The standard InChI is InChI=1S/C28H33N2O.2C27H31N2O.C26H29N2O.C25H27N2O/c1-18-10-12-22-23-13-11-21(17-28(2,3)4)29-27(23)31-26(22)25(18)24-16-20(14-15-30(24)5)19-8-6-7-9-19;1-17-10-11-20-21-12-13-23(27(2,3)4)28-26(21)30-25(20)24(17)22-16-19(14-15-29(22)5)18-8-6-7-9-18;1-17(2)15-21-10-12-23-22-11-9-18(3)25(26(22)30-27(23)28-21)24-16-20(13-14-29(24)4)19-7-5-6-8-19;1-16(2)22-12-11-21-20-10-9-17(3)24(25(20)29-26(21)27-22)23-15-19(13-14-28(23)4)18-7-5-6-8-18;1-4-19-10-12-21-20-11-9-16(2)23(24(20)28-25(21)26-19)22-15-18(13-14-27(22)3)17-7-5-6-8-17/h10-16,19H,6-9,17H2,1-5H3;10-16,18H,6-9H2,1-5H3;9-14,16-17,19H,5-8,15H2,1-4H3;9-16,18H,5-8H2,1-4H3;9-15,17H,4-8H2,1-3H3/q5*+1/i19D;18D;19D;16D,18D;17D. The summed E-state index contributed by atoms with van der Waals surface area (Å²) in [5.74, 6) is -2.58. The number of pyridine rings is 10. The van der Waals surface area contributed by atoms with E-state index in [-0.39, 0.29) is 10.8 Å². The van der Waals surface area contributed by atoms with Crippen LogP contribution in [0.1, 0.15) is 332 Å². The Labute approximate surface area is 882 Å². The summed E-state index contributed by atoms with van der Waals surface area (Å²) >= 11 is 0. The molecule has 20 aromatic rings. The maximum absolute atomic E-state index is 9.01. The summed E-state index contributed by atoms with van der Waals surface area (Å²) in [6.07, 6.45) is 33.9. The van der Waals surface area contributed by atoms with Crippen molar-refractivity contribution in [1.82, 2.24) is 24.9 Å². The molecule has 15 nitrogen and oxygen atoms in total. The molecule has 15 heterocycles. The molecule has 0 bridgehead atoms. The van der Waals surface area contributed by atoms with Gasteiger partial charge in [-0.05, 0) is 281 Å². The van der Waals surface area contributed by atoms with Crippen LogP contribution >= 0.6 is 0 Å². The van der Waals surface area contributed by atoms with E-state index in [1.165, 1.54) is 22.3 Å². The molecule has 0 unspecified atom stereocenters. The van der Waals surface area contributed by atoms with Crippen LogP contribution in [0.5, 0.6) is 0 Å². The van der Waals surface area contributed by atoms with E-state index in [1.54, 1.807) is 0 Å². The van der Waals surface area contributed by atoms with Crippen molar-refractivity contribution in [3.05, 3.63) is 297 Å². The van der Waals surface area contributed by atoms with E-state index >= 15 is 0 Å². The fraction of sp³-hybridized carbons (Fsp3) is 0.398. The third kappa shape index (κ3) is 20.1. The summed E-state index contributed by atoms with van der Waals surface area (Å²) < 4.78 is 95.9. The van der Waals surface area contributed by atoms with Gasteiger partial charge in [0.1, 0.15) is 35.2 Å². The minimum atomic E-state index is -0.781. The summed E-state index contributed by atoms with van der Waals surface area (Å²) in [6.45, 7) is 34.1. The zero-order valence-electron chi connectivity index (χ0n) is 97.1. The zero-order chi connectivity index (χ0) is 109. The molecule has 15 heteroatoms. The molecule has 0 radical (unpaired) electrons. The van der Waals surface area contributed by atoms with Crippen molar-refractivity contribution in [2.24, 2.45) is 46.6 Å². The van der Waals surface area contributed by atoms with Crippen molar-refractivity contribution >= 4 is 110 Å². The van der Waals surface area contributed by atoms with Gasteiger partial charge in [0.25, 0.3) is 0 Å². The fourth-order valence-electron chi connectivity index (χ4n) is 23.5. The highest BCUT2D eigenvalue weighted by molar-refractivity contribution is 6.13. The normalized spacial score (nSPS) is 17.0. The van der Waals surface area contributed by atoms with Gasteiger partial charge in [0.15, 0.2) is 58.9 Å². The first-order chi connectivity index (χ1) is 73.3. The lowest BCUT2D eigenvalue weighted by molar-refractivity contribution is -0.660. The van der Waals surface area contributed by atoms with Crippen LogP contribution in [0.2, 0.25) is 0 Å². The van der Waals surface area contributed by atoms with Crippen molar-refractivity contribution < 1.29 is 53.1 Å². The molecule has 0 saturated heterocycles. The van der Waals surface area contributed by atoms with Crippen molar-refractivity contribution in [3.8, 4) is 56.3 Å². The van der Waals surface area contributed by atoms with E-state index in [0.29, 0.717) is 40.2 Å². The second-order valence-corrected chi connectivity index (χ2v) is 45.8. The number of nitrogens with zero attached hydrogens (tertiary/aromatic N) is 10. The van der Waals surface area contributed by atoms with Gasteiger partial charge in [0.05, 0.1) is 27.8 Å². The Morgan fingerprint density at radius 3 is 0.818 bits per heavy atom. The molecule has 0 spiro atoms. The Hall–Kier alpha value is -13.4. The van der Waals surface area contributed by atoms with Crippen LogP contribution in [0.15, 0.2) is 235 Å². The molecule has 758 valence electrons. The van der Waals surface area contributed by atoms with Crippen molar-refractivity contribution in [1.29, 1.82) is 0 Å². The van der Waals surface area contributed by atoms with Crippen LogP contribution in [0, 0.1) is 46.0 Å². The van der Waals surface area contributed by atoms with E-state index in [4.69, 9.17) is 50.2 Å². The average Bonchev–Trinajstić information content (AvgIpc) is 1.60. The molecule has 148 heavy (non-hydrogen) atoms. The van der Waals surface area contributed by atoms with Gasteiger partial charge in [-0.25, -0.2) is 47.8 Å². The lowest BCUT2D eigenvalue weighted by atomic mass is 9.90. The maximum atomic E-state index is 9.01. The summed E-state index contributed by atoms with van der Waals surface area (Å²) in [5, 5.41) is 10.6. The fourth-order valence-corrected chi connectivity index (χ4v) is 23.5. The minimum absolute atomic E-state index is 0.0313. The zero-order valence-corrected chi connectivity index (χ0v) is 91.1. The molecular weight excluding hydrogens is 1820 g/mol. The molecule has 15 aromatic heterocycles. The third-order valence-corrected chi connectivity index (χ3v) is 31.8. The van der Waals surface area contributed by atoms with Crippen LogP contribution in [-0.2, 0) is 59.9 Å². The Morgan fingerprint density at radius 1 is 0.304 bits per heavy atom. The summed E-state index contributed by atoms with van der Waals surface area (Å²) in [6, 6.07) is 64.1. The summed E-state index contributed by atoms with van der Waals surface area (Å²) in [7, 11) is 10.3. The SMILES string of the molecule is [2H]C(C)(C)c1ccc2c(n1)oc1c(-c3cc(C4([2H])CCCC4)cc[n+]3C)c(C)ccc12.[2H]C1(c2cc[n+](C)c(-c3c(C)ccc4c3oc3nc(C(C)(C)C)ccc34)c2)CCCC1.[2H]C1(c2cc[n+](C)c(-c3c(C)ccc4c3oc3nc(CC(C)(C)C)ccc34)c2)CCCC1.[2H]C1(c2cc[n+](C)c(-c3c(C)ccc4c3oc3nc(CC(C)C)ccc34)c2)CCCC1.[2H]C1(c2cc[n+](C)c(-c3c(C)ccc4c3oc3nc(CC)ccc34)c2)CCCC1. The lowest BCUT2D eigenvalue weighted by Crippen LogP contribution is -2.31. The van der Waals surface area contributed by atoms with Gasteiger partial charge in [-0.1, -0.05) is 201 Å². The largest absolute Gasteiger partial charge is 0.437 e. The third-order valence-electron chi connectivity index (χ3n) is 31.8. The Bertz CT molecular complexity index is 8610. The topological polar surface area (TPSA) is 150 Å². The van der Waals surface area contributed by atoms with Crippen LogP contribution in [-0.4, -0.2) is 24.9 Å². The Kier molecular flexibility index (Phi) is 26.2. The molecule has 5 aromatic carbocycles. The number of hydrogen-bond donors (Lipinski definition) is 0. The first-order valence-electron chi connectivity index (χ1n) is 57.5. The molecule has 5 fully saturated rings. The monoisotopic (exact) mass is 1970 g/mol. The van der Waals surface area contributed by atoms with Gasteiger partial charge in [0.2, 0.25) is 57.0 Å². The van der Waals surface area contributed by atoms with Crippen molar-refractivity contribution in [2.45, 2.75) is 299 Å². The first kappa shape index (κ1) is 93.1. The minimum Gasteiger partial charge on any atom is -0.437 e. The molecule has 0 atom stereocenters. The number of aryl methyl sites for hydroxylation is 11. The number of fused-ring (bicyclic) bond motifs is 15. The molecule has 0 amide bonds. The Morgan fingerprint density at radius 2 is 0.547 bits per heavy atom. The predicted molar refractivity (Wildman–Crippen MR) is 604 cm³/mol. The predicted octanol–water partition coefficient (Wildman–Crippen LogP) is 33.0. The van der Waals surface area contributed by atoms with Gasteiger partial charge in [-0.2, -0.15) is 0 Å². The lowest BCUT2D eigenvalue weighted by Gasteiger charge is -2.16. The Balaban J connectivity index is 0.000000112. The molecule has 5 saturated carbocycles. The molecule has 5 aliphatic rings. The highest BCUT2D eigenvalue weighted by Gasteiger charge is 2.34. The second kappa shape index (κ2) is 41.6. The van der Waals surface area contributed by atoms with Crippen LogP contribution < -0.4 is 22.8 Å². The quantitative estimate of drug-likeness (QED) is 0.0908. The average molecular weight is 1980 g/mol. The number of aromatic nitrogens is 10. The number of benzene rings is 5. The van der Waals surface area contributed by atoms with Gasteiger partial charge >= 0.3 is 0 Å². The van der Waals surface area contributed by atoms with Gasteiger partial charge < -0.3 is 22.1 Å². The van der Waals surface area contributed by atoms with E-state index in [9.17, 15) is 0 Å². The second-order valence-electron chi connectivity index (χ2n) is 45.8. The van der Waals surface area contributed by atoms with E-state index < -0.39 is 35.4 Å². The van der Waals surface area contributed by atoms with Crippen molar-refractivity contribution in [2.75, 3.05) is 0 Å². The molecular formula is C133H151N10O5+5. The number of rotatable bonds is 15. The van der Waals surface area contributed by atoms with E-state index in [2.05, 4.69) is 354 Å². The van der Waals surface area contributed by atoms with Crippen molar-refractivity contribution in [3.63, 3.8) is 0 Å². The van der Waals surface area contributed by atoms with Crippen LogP contribution in [0.3, 0.4) is 0 Å². The van der Waals surface area contributed by atoms with E-state index in [1.807, 2.05) is 33.0 Å². The smallest absolute Gasteiger partial charge is 0.227 e. The molecule has 5 aliphatic carbocycles. The van der Waals surface area contributed by atoms with Crippen LogP contribution in [0.25, 0.3) is 167 Å². The summed E-state index contributed by atoms with van der Waals surface area (Å²) in [4.78, 5) is 23.9. The maximum Gasteiger partial charge on any atom is 0.227 e. The molecule has 0 N–H and O–H groups in total. The number of furan rings is 5. The highest BCUT2D eigenvalue weighted by atomic mass is 16.4. The first-order valence-corrected chi connectivity index (χ1v) is 54.5.